The summed E-state index contributed by atoms with van der Waals surface area (Å²) >= 11 is 0. The Morgan fingerprint density at radius 1 is 1.43 bits per heavy atom. The Bertz CT molecular complexity index is 590. The summed E-state index contributed by atoms with van der Waals surface area (Å²) < 4.78 is 0. The molecule has 0 amide bonds. The van der Waals surface area contributed by atoms with Gasteiger partial charge in [-0.25, -0.2) is 0 Å². The SMILES string of the molecule is CC(C)=CCC[C@@]1(C)CC=C(CO)C(=O)[C@H]2CC(C)=C(C=O)[C@@H]21. The van der Waals surface area contributed by atoms with Crippen LogP contribution in [0.25, 0.3) is 0 Å². The molecule has 0 saturated heterocycles. The van der Waals surface area contributed by atoms with E-state index in [2.05, 4.69) is 26.8 Å². The number of allylic oxidation sites excluding steroid dienone is 5. The van der Waals surface area contributed by atoms with Crippen LogP contribution in [0.2, 0.25) is 0 Å². The molecule has 0 aliphatic heterocycles. The molecule has 126 valence electrons. The summed E-state index contributed by atoms with van der Waals surface area (Å²) in [4.78, 5) is 24.4. The Balaban J connectivity index is 2.41. The highest BCUT2D eigenvalue weighted by Gasteiger charge is 2.49. The average Bonchev–Trinajstić information content (AvgIpc) is 2.79. The lowest BCUT2D eigenvalue weighted by atomic mass is 9.65. The molecule has 1 N–H and O–H groups in total. The second-order valence-corrected chi connectivity index (χ2v) is 7.57. The molecule has 0 radical (unpaired) electrons. The van der Waals surface area contributed by atoms with E-state index in [-0.39, 0.29) is 29.6 Å². The number of ketones is 1. The van der Waals surface area contributed by atoms with E-state index >= 15 is 0 Å². The maximum Gasteiger partial charge on any atom is 0.164 e. The molecule has 2 aliphatic carbocycles. The Kier molecular flexibility index (Phi) is 5.41. The van der Waals surface area contributed by atoms with Gasteiger partial charge in [-0.3, -0.25) is 9.59 Å². The van der Waals surface area contributed by atoms with E-state index in [1.54, 1.807) is 0 Å². The Morgan fingerprint density at radius 2 is 2.13 bits per heavy atom. The van der Waals surface area contributed by atoms with E-state index in [1.165, 1.54) is 5.57 Å². The van der Waals surface area contributed by atoms with Crippen LogP contribution in [-0.4, -0.2) is 23.8 Å². The van der Waals surface area contributed by atoms with Crippen molar-refractivity contribution in [3.05, 3.63) is 34.4 Å². The summed E-state index contributed by atoms with van der Waals surface area (Å²) in [7, 11) is 0. The summed E-state index contributed by atoms with van der Waals surface area (Å²) in [6.07, 6.45) is 8.34. The number of aldehydes is 1. The third kappa shape index (κ3) is 3.40. The van der Waals surface area contributed by atoms with E-state index in [9.17, 15) is 14.7 Å². The van der Waals surface area contributed by atoms with Gasteiger partial charge >= 0.3 is 0 Å². The van der Waals surface area contributed by atoms with Crippen molar-refractivity contribution in [2.75, 3.05) is 6.61 Å². The summed E-state index contributed by atoms with van der Waals surface area (Å²) in [5.74, 6) is -0.189. The van der Waals surface area contributed by atoms with Gasteiger partial charge < -0.3 is 5.11 Å². The van der Waals surface area contributed by atoms with Crippen molar-refractivity contribution < 1.29 is 14.7 Å². The standard InChI is InChI=1S/C20H28O3/c1-13(2)6-5-8-20(4)9-7-15(11-21)19(23)16-10-14(3)17(12-22)18(16)20/h6-7,12,16,18,21H,5,8-11H2,1-4H3/t16-,18+,20-/m0/s1. The van der Waals surface area contributed by atoms with Crippen molar-refractivity contribution in [1.29, 1.82) is 0 Å². The molecule has 0 aromatic rings. The highest BCUT2D eigenvalue weighted by Crippen LogP contribution is 2.53. The summed E-state index contributed by atoms with van der Waals surface area (Å²) in [5.41, 5.74) is 3.53. The monoisotopic (exact) mass is 316 g/mol. The molecule has 0 spiro atoms. The van der Waals surface area contributed by atoms with Crippen LogP contribution in [0.3, 0.4) is 0 Å². The number of aliphatic hydroxyl groups is 1. The second-order valence-electron chi connectivity index (χ2n) is 7.57. The van der Waals surface area contributed by atoms with Crippen LogP contribution in [0.15, 0.2) is 34.4 Å². The Labute approximate surface area is 139 Å². The first-order valence-corrected chi connectivity index (χ1v) is 8.46. The normalized spacial score (nSPS) is 30.7. The largest absolute Gasteiger partial charge is 0.392 e. The minimum Gasteiger partial charge on any atom is -0.392 e. The summed E-state index contributed by atoms with van der Waals surface area (Å²) in [6, 6.07) is 0. The third-order valence-electron chi connectivity index (χ3n) is 5.54. The lowest BCUT2D eigenvalue weighted by Gasteiger charge is -2.37. The fraction of sp³-hybridized carbons (Fsp3) is 0.600. The lowest BCUT2D eigenvalue weighted by molar-refractivity contribution is -0.121. The molecule has 2 aliphatic rings. The number of aliphatic hydroxyl groups excluding tert-OH is 1. The van der Waals surface area contributed by atoms with Gasteiger partial charge in [-0.15, -0.1) is 0 Å². The zero-order valence-electron chi connectivity index (χ0n) is 14.7. The smallest absolute Gasteiger partial charge is 0.164 e. The van der Waals surface area contributed by atoms with Gasteiger partial charge in [0.05, 0.1) is 6.61 Å². The number of carbonyl (C=O) groups is 2. The number of hydrogen-bond donors (Lipinski definition) is 1. The van der Waals surface area contributed by atoms with Crippen LogP contribution < -0.4 is 0 Å². The number of rotatable bonds is 5. The minimum absolute atomic E-state index is 0.0274. The average molecular weight is 316 g/mol. The van der Waals surface area contributed by atoms with Gasteiger partial charge in [-0.05, 0) is 57.4 Å². The molecule has 2 rings (SSSR count). The van der Waals surface area contributed by atoms with E-state index in [4.69, 9.17) is 0 Å². The minimum atomic E-state index is -0.207. The molecule has 3 heteroatoms. The van der Waals surface area contributed by atoms with Gasteiger partial charge in [0, 0.05) is 17.4 Å². The van der Waals surface area contributed by atoms with Crippen LogP contribution >= 0.6 is 0 Å². The highest BCUT2D eigenvalue weighted by atomic mass is 16.3. The van der Waals surface area contributed by atoms with Crippen molar-refractivity contribution in [1.82, 2.24) is 0 Å². The van der Waals surface area contributed by atoms with Gasteiger partial charge in [0.2, 0.25) is 0 Å². The van der Waals surface area contributed by atoms with E-state index in [0.29, 0.717) is 12.0 Å². The molecule has 0 fully saturated rings. The first kappa shape index (κ1) is 17.9. The van der Waals surface area contributed by atoms with Crippen molar-refractivity contribution in [3.63, 3.8) is 0 Å². The predicted octanol–water partition coefficient (Wildman–Crippen LogP) is 3.78. The number of carbonyl (C=O) groups excluding carboxylic acids is 2. The summed E-state index contributed by atoms with van der Waals surface area (Å²) in [6.45, 7) is 8.12. The Hall–Kier alpha value is -1.48. The zero-order chi connectivity index (χ0) is 17.2. The molecule has 0 heterocycles. The van der Waals surface area contributed by atoms with Gasteiger partial charge in [-0.1, -0.05) is 30.2 Å². The zero-order valence-corrected chi connectivity index (χ0v) is 14.7. The van der Waals surface area contributed by atoms with Gasteiger partial charge in [0.25, 0.3) is 0 Å². The van der Waals surface area contributed by atoms with Gasteiger partial charge in [0.1, 0.15) is 6.29 Å². The highest BCUT2D eigenvalue weighted by molar-refractivity contribution is 6.00. The molecule has 23 heavy (non-hydrogen) atoms. The molecule has 0 aromatic carbocycles. The van der Waals surface area contributed by atoms with Crippen LogP contribution in [0, 0.1) is 17.3 Å². The topological polar surface area (TPSA) is 54.4 Å². The maximum atomic E-state index is 12.8. The van der Waals surface area contributed by atoms with Crippen molar-refractivity contribution in [2.45, 2.75) is 53.4 Å². The van der Waals surface area contributed by atoms with Gasteiger partial charge in [-0.2, -0.15) is 0 Å². The van der Waals surface area contributed by atoms with E-state index in [0.717, 1.165) is 36.7 Å². The second kappa shape index (κ2) is 6.96. The molecule has 3 atom stereocenters. The van der Waals surface area contributed by atoms with Crippen LogP contribution in [-0.2, 0) is 9.59 Å². The fourth-order valence-corrected chi connectivity index (χ4v) is 4.24. The molecular formula is C20H28O3. The van der Waals surface area contributed by atoms with Crippen LogP contribution in [0.4, 0.5) is 0 Å². The quantitative estimate of drug-likeness (QED) is 0.620. The van der Waals surface area contributed by atoms with E-state index < -0.39 is 0 Å². The molecule has 0 saturated carbocycles. The first-order valence-electron chi connectivity index (χ1n) is 8.46. The number of Topliss-reactive ketones (excluding diaryl/α,β-unsaturated/α-hetero) is 1. The van der Waals surface area contributed by atoms with Crippen LogP contribution in [0.5, 0.6) is 0 Å². The molecule has 3 nitrogen and oxygen atoms in total. The van der Waals surface area contributed by atoms with E-state index in [1.807, 2.05) is 13.0 Å². The third-order valence-corrected chi connectivity index (χ3v) is 5.54. The maximum absolute atomic E-state index is 12.8. The summed E-state index contributed by atoms with van der Waals surface area (Å²) in [5, 5.41) is 9.53. The predicted molar refractivity (Wildman–Crippen MR) is 91.9 cm³/mol. The van der Waals surface area contributed by atoms with Gasteiger partial charge in [0.15, 0.2) is 5.78 Å². The van der Waals surface area contributed by atoms with Crippen molar-refractivity contribution >= 4 is 12.1 Å². The number of fused-ring (bicyclic) bond motifs is 1. The lowest BCUT2D eigenvalue weighted by Crippen LogP contribution is -2.34. The fourth-order valence-electron chi connectivity index (χ4n) is 4.24. The number of hydrogen-bond acceptors (Lipinski definition) is 3. The van der Waals surface area contributed by atoms with Crippen molar-refractivity contribution in [2.24, 2.45) is 17.3 Å². The molecule has 0 bridgehead atoms. The van der Waals surface area contributed by atoms with Crippen molar-refractivity contribution in [3.8, 4) is 0 Å². The molecule has 0 unspecified atom stereocenters. The molecule has 0 aromatic heterocycles. The Morgan fingerprint density at radius 3 is 2.70 bits per heavy atom. The molecular weight excluding hydrogens is 288 g/mol. The van der Waals surface area contributed by atoms with Crippen LogP contribution in [0.1, 0.15) is 53.4 Å². The first-order chi connectivity index (χ1) is 10.8.